The molecule has 5 saturated carbocycles. The fourth-order valence-corrected chi connectivity index (χ4v) is 11.1. The molecule has 5 aliphatic rings. The second-order valence-electron chi connectivity index (χ2n) is 14.8. The number of Topliss-reactive ketones (excluding diaryl/α,β-unsaturated/α-hetero) is 1. The van der Waals surface area contributed by atoms with Crippen LogP contribution < -0.4 is 0 Å². The molecule has 5 rings (SSSR count). The Bertz CT molecular complexity index is 865. The summed E-state index contributed by atoms with van der Waals surface area (Å²) in [6.45, 7) is 10.5. The van der Waals surface area contributed by atoms with Gasteiger partial charge in [-0.15, -0.1) is 0 Å². The maximum absolute atomic E-state index is 12.9. The first-order valence-corrected chi connectivity index (χ1v) is 14.4. The third-order valence-electron chi connectivity index (χ3n) is 13.5. The highest BCUT2D eigenvalue weighted by molar-refractivity contribution is 5.86. The van der Waals surface area contributed by atoms with Crippen LogP contribution in [0.25, 0.3) is 0 Å². The van der Waals surface area contributed by atoms with Crippen molar-refractivity contribution in [2.45, 2.75) is 117 Å². The van der Waals surface area contributed by atoms with E-state index in [0.29, 0.717) is 36.0 Å². The average molecular weight is 491 g/mol. The summed E-state index contributed by atoms with van der Waals surface area (Å²) >= 11 is 0. The SMILES string of the molecule is CC(C)(O)[C@@H](O)CC[C@@H](CO)[C@H]1CC[C@@]2(C)[C@@H]3CC[C@@H]4[C@@]5(CCC(=O)[C@@]4(C)CO)C[C@@]35CC[C@]12C. The molecule has 35 heavy (non-hydrogen) atoms. The average Bonchev–Trinajstić information content (AvgIpc) is 3.40. The van der Waals surface area contributed by atoms with Gasteiger partial charge in [-0.2, -0.15) is 0 Å². The second kappa shape index (κ2) is 8.01. The Kier molecular flexibility index (Phi) is 5.98. The minimum absolute atomic E-state index is 0.00920. The molecule has 5 aliphatic carbocycles. The van der Waals surface area contributed by atoms with E-state index >= 15 is 0 Å². The Hall–Kier alpha value is -0.490. The zero-order chi connectivity index (χ0) is 25.7. The van der Waals surface area contributed by atoms with E-state index < -0.39 is 17.1 Å². The largest absolute Gasteiger partial charge is 0.396 e. The Labute approximate surface area is 212 Å². The van der Waals surface area contributed by atoms with Gasteiger partial charge in [0.2, 0.25) is 0 Å². The van der Waals surface area contributed by atoms with Crippen LogP contribution in [0.1, 0.15) is 105 Å². The fourth-order valence-electron chi connectivity index (χ4n) is 11.1. The lowest BCUT2D eigenvalue weighted by Gasteiger charge is -2.62. The second-order valence-corrected chi connectivity index (χ2v) is 14.8. The summed E-state index contributed by atoms with van der Waals surface area (Å²) in [7, 11) is 0. The van der Waals surface area contributed by atoms with Crippen LogP contribution in [0.3, 0.4) is 0 Å². The van der Waals surface area contributed by atoms with E-state index in [1.807, 2.05) is 6.92 Å². The molecule has 0 aliphatic heterocycles. The zero-order valence-corrected chi connectivity index (χ0v) is 22.8. The van der Waals surface area contributed by atoms with Crippen LogP contribution in [-0.4, -0.2) is 51.1 Å². The first kappa shape index (κ1) is 26.1. The Morgan fingerprint density at radius 3 is 2.20 bits per heavy atom. The topological polar surface area (TPSA) is 98.0 Å². The Balaban J connectivity index is 1.39. The van der Waals surface area contributed by atoms with Gasteiger partial charge >= 0.3 is 0 Å². The fraction of sp³-hybridized carbons (Fsp3) is 0.967. The molecular weight excluding hydrogens is 440 g/mol. The van der Waals surface area contributed by atoms with E-state index in [-0.39, 0.29) is 41.2 Å². The third-order valence-corrected chi connectivity index (χ3v) is 13.5. The van der Waals surface area contributed by atoms with Crippen molar-refractivity contribution in [3.63, 3.8) is 0 Å². The molecular formula is C30H50O5. The van der Waals surface area contributed by atoms with Gasteiger partial charge in [-0.25, -0.2) is 0 Å². The summed E-state index contributed by atoms with van der Waals surface area (Å²) in [5, 5.41) is 41.4. The third kappa shape index (κ3) is 3.23. The molecule has 5 fully saturated rings. The van der Waals surface area contributed by atoms with Gasteiger partial charge in [0.15, 0.2) is 0 Å². The van der Waals surface area contributed by atoms with Crippen LogP contribution in [0.2, 0.25) is 0 Å². The lowest BCUT2D eigenvalue weighted by molar-refractivity contribution is -0.164. The molecule has 5 heteroatoms. The van der Waals surface area contributed by atoms with Crippen molar-refractivity contribution in [2.24, 2.45) is 50.7 Å². The minimum atomic E-state index is -1.12. The van der Waals surface area contributed by atoms with Gasteiger partial charge < -0.3 is 20.4 Å². The lowest BCUT2D eigenvalue weighted by atomic mass is 9.41. The standard InChI is InChI=1S/C30H50O5/c1-25(2,35)23(33)9-6-19(16-31)20-10-12-28(5)22-8-7-21-26(3,18-32)24(34)11-13-29(21)17-30(22,29)15-14-27(20,28)4/h19-23,31-33,35H,6-18H2,1-5H3/t19-,20+,21-,22-,23-,26-,27+,28-,29+,30-/m0/s1. The van der Waals surface area contributed by atoms with E-state index in [0.717, 1.165) is 32.1 Å². The van der Waals surface area contributed by atoms with Gasteiger partial charge in [0.25, 0.3) is 0 Å². The number of ketones is 1. The van der Waals surface area contributed by atoms with Gasteiger partial charge in [0, 0.05) is 13.0 Å². The molecule has 200 valence electrons. The van der Waals surface area contributed by atoms with Crippen molar-refractivity contribution < 1.29 is 25.2 Å². The molecule has 0 radical (unpaired) electrons. The normalized spacial score (nSPS) is 50.5. The number of hydrogen-bond acceptors (Lipinski definition) is 5. The first-order valence-electron chi connectivity index (χ1n) is 14.4. The predicted octanol–water partition coefficient (Wildman–Crippen LogP) is 4.49. The van der Waals surface area contributed by atoms with Gasteiger partial charge in [0.1, 0.15) is 5.78 Å². The predicted molar refractivity (Wildman–Crippen MR) is 135 cm³/mol. The quantitative estimate of drug-likeness (QED) is 0.422. The molecule has 4 N–H and O–H groups in total. The van der Waals surface area contributed by atoms with Crippen LogP contribution in [0.15, 0.2) is 0 Å². The number of carbonyl (C=O) groups is 1. The molecule has 0 saturated heterocycles. The van der Waals surface area contributed by atoms with Crippen molar-refractivity contribution in [3.05, 3.63) is 0 Å². The number of aliphatic hydroxyl groups is 4. The highest BCUT2D eigenvalue weighted by Gasteiger charge is 2.82. The summed E-state index contributed by atoms with van der Waals surface area (Å²) in [6.07, 6.45) is 10.3. The van der Waals surface area contributed by atoms with Gasteiger partial charge in [-0.05, 0) is 123 Å². The molecule has 2 spiro atoms. The summed E-state index contributed by atoms with van der Waals surface area (Å²) in [4.78, 5) is 12.9. The number of carbonyl (C=O) groups excluding carboxylic acids is 1. The Morgan fingerprint density at radius 1 is 0.914 bits per heavy atom. The molecule has 0 aromatic carbocycles. The molecule has 10 atom stereocenters. The van der Waals surface area contributed by atoms with Crippen LogP contribution in [0, 0.1) is 50.7 Å². The highest BCUT2D eigenvalue weighted by atomic mass is 16.3. The summed E-state index contributed by atoms with van der Waals surface area (Å²) in [5.74, 6) is 1.86. The smallest absolute Gasteiger partial charge is 0.141 e. The number of fused-ring (bicyclic) bond motifs is 2. The van der Waals surface area contributed by atoms with Gasteiger partial charge in [-0.1, -0.05) is 20.8 Å². The molecule has 0 unspecified atom stereocenters. The number of rotatable bonds is 7. The maximum atomic E-state index is 12.9. The summed E-state index contributed by atoms with van der Waals surface area (Å²) < 4.78 is 0. The molecule has 5 nitrogen and oxygen atoms in total. The van der Waals surface area contributed by atoms with E-state index in [1.165, 1.54) is 25.7 Å². The lowest BCUT2D eigenvalue weighted by Crippen LogP contribution is -2.58. The maximum Gasteiger partial charge on any atom is 0.141 e. The summed E-state index contributed by atoms with van der Waals surface area (Å²) in [6, 6.07) is 0. The minimum Gasteiger partial charge on any atom is -0.396 e. The van der Waals surface area contributed by atoms with Crippen LogP contribution in [0.5, 0.6) is 0 Å². The van der Waals surface area contributed by atoms with Gasteiger partial charge in [-0.3, -0.25) is 4.79 Å². The molecule has 0 bridgehead atoms. The van der Waals surface area contributed by atoms with Crippen molar-refractivity contribution in [3.8, 4) is 0 Å². The van der Waals surface area contributed by atoms with Crippen LogP contribution >= 0.6 is 0 Å². The van der Waals surface area contributed by atoms with Gasteiger partial charge in [0.05, 0.1) is 23.7 Å². The van der Waals surface area contributed by atoms with E-state index in [2.05, 4.69) is 13.8 Å². The van der Waals surface area contributed by atoms with Crippen LogP contribution in [-0.2, 0) is 4.79 Å². The van der Waals surface area contributed by atoms with Crippen molar-refractivity contribution in [1.82, 2.24) is 0 Å². The molecule has 0 aromatic rings. The van der Waals surface area contributed by atoms with Crippen molar-refractivity contribution in [2.75, 3.05) is 13.2 Å². The van der Waals surface area contributed by atoms with E-state index in [9.17, 15) is 25.2 Å². The molecule has 0 aromatic heterocycles. The Morgan fingerprint density at radius 2 is 1.57 bits per heavy atom. The van der Waals surface area contributed by atoms with E-state index in [1.54, 1.807) is 13.8 Å². The monoisotopic (exact) mass is 490 g/mol. The summed E-state index contributed by atoms with van der Waals surface area (Å²) in [5.41, 5.74) is -0.704. The molecule has 0 heterocycles. The molecule has 0 amide bonds. The van der Waals surface area contributed by atoms with Crippen LogP contribution in [0.4, 0.5) is 0 Å². The highest BCUT2D eigenvalue weighted by Crippen LogP contribution is 2.88. The zero-order valence-electron chi connectivity index (χ0n) is 22.8. The number of hydrogen-bond donors (Lipinski definition) is 4. The van der Waals surface area contributed by atoms with Crippen molar-refractivity contribution >= 4 is 5.78 Å². The van der Waals surface area contributed by atoms with Crippen molar-refractivity contribution in [1.29, 1.82) is 0 Å². The first-order chi connectivity index (χ1) is 16.3. The number of aliphatic hydroxyl groups excluding tert-OH is 3. The van der Waals surface area contributed by atoms with E-state index in [4.69, 9.17) is 0 Å².